The summed E-state index contributed by atoms with van der Waals surface area (Å²) in [5, 5.41) is 0. The van der Waals surface area contributed by atoms with Crippen LogP contribution in [0.2, 0.25) is 0 Å². The molecular formula is C18H25NO. The molecule has 0 unspecified atom stereocenters. The largest absolute Gasteiger partial charge is 0.494 e. The minimum absolute atomic E-state index is 0.647. The first-order valence-electron chi connectivity index (χ1n) is 7.66. The lowest BCUT2D eigenvalue weighted by Gasteiger charge is -2.23. The second-order valence-electron chi connectivity index (χ2n) is 5.44. The van der Waals surface area contributed by atoms with Gasteiger partial charge in [-0.3, -0.25) is 4.99 Å². The molecule has 0 atom stereocenters. The molecule has 0 aromatic heterocycles. The molecular weight excluding hydrogens is 246 g/mol. The van der Waals surface area contributed by atoms with Crippen molar-refractivity contribution >= 4 is 11.4 Å². The van der Waals surface area contributed by atoms with E-state index in [1.807, 2.05) is 30.3 Å². The van der Waals surface area contributed by atoms with E-state index in [1.54, 1.807) is 7.11 Å². The van der Waals surface area contributed by atoms with Gasteiger partial charge in [0.2, 0.25) is 0 Å². The number of para-hydroxylation sites is 2. The minimum atomic E-state index is 0.647. The molecule has 108 valence electrons. The van der Waals surface area contributed by atoms with Gasteiger partial charge in [-0.2, -0.15) is 0 Å². The van der Waals surface area contributed by atoms with Gasteiger partial charge in [-0.05, 0) is 43.7 Å². The Bertz CT molecular complexity index is 458. The van der Waals surface area contributed by atoms with Gasteiger partial charge >= 0.3 is 0 Å². The Morgan fingerprint density at radius 2 is 2.05 bits per heavy atom. The zero-order valence-electron chi connectivity index (χ0n) is 12.5. The molecule has 1 aliphatic rings. The third-order valence-electron chi connectivity index (χ3n) is 4.03. The summed E-state index contributed by atoms with van der Waals surface area (Å²) in [7, 11) is 1.71. The van der Waals surface area contributed by atoms with E-state index in [9.17, 15) is 0 Å². The molecule has 0 N–H and O–H groups in total. The zero-order chi connectivity index (χ0) is 14.2. The van der Waals surface area contributed by atoms with E-state index >= 15 is 0 Å². The fourth-order valence-electron chi connectivity index (χ4n) is 2.91. The molecule has 0 bridgehead atoms. The summed E-state index contributed by atoms with van der Waals surface area (Å²) in [5.41, 5.74) is 2.29. The maximum absolute atomic E-state index is 5.41. The fraction of sp³-hybridized carbons (Fsp3) is 0.500. The molecule has 2 nitrogen and oxygen atoms in total. The molecule has 1 aromatic carbocycles. The van der Waals surface area contributed by atoms with Crippen molar-refractivity contribution < 1.29 is 4.74 Å². The quantitative estimate of drug-likeness (QED) is 0.507. The van der Waals surface area contributed by atoms with Crippen LogP contribution in [0.3, 0.4) is 0 Å². The number of ether oxygens (including phenoxy) is 1. The summed E-state index contributed by atoms with van der Waals surface area (Å²) in [6.45, 7) is 3.84. The number of rotatable bonds is 6. The summed E-state index contributed by atoms with van der Waals surface area (Å²) < 4.78 is 5.41. The van der Waals surface area contributed by atoms with Crippen LogP contribution < -0.4 is 4.74 Å². The Labute approximate surface area is 122 Å². The minimum Gasteiger partial charge on any atom is -0.494 e. The first kappa shape index (κ1) is 14.8. The maximum atomic E-state index is 5.41. The Morgan fingerprint density at radius 1 is 1.30 bits per heavy atom. The number of benzene rings is 1. The average molecular weight is 271 g/mol. The Morgan fingerprint density at radius 3 is 2.75 bits per heavy atom. The average Bonchev–Trinajstić information content (AvgIpc) is 2.52. The Hall–Kier alpha value is -1.57. The fourth-order valence-corrected chi connectivity index (χ4v) is 2.91. The van der Waals surface area contributed by atoms with Crippen LogP contribution in [0.25, 0.3) is 0 Å². The predicted molar refractivity (Wildman–Crippen MR) is 86.1 cm³/mol. The van der Waals surface area contributed by atoms with Crippen LogP contribution in [-0.4, -0.2) is 12.8 Å². The summed E-state index contributed by atoms with van der Waals surface area (Å²) in [6.07, 6.45) is 10.6. The van der Waals surface area contributed by atoms with E-state index in [1.165, 1.54) is 37.8 Å². The molecule has 1 saturated carbocycles. The van der Waals surface area contributed by atoms with E-state index in [4.69, 9.17) is 9.73 Å². The van der Waals surface area contributed by atoms with Crippen LogP contribution in [0.4, 0.5) is 5.69 Å². The maximum Gasteiger partial charge on any atom is 0.144 e. The molecule has 0 aliphatic heterocycles. The second-order valence-corrected chi connectivity index (χ2v) is 5.44. The Kier molecular flexibility index (Phi) is 5.85. The normalized spacial score (nSPS) is 16.9. The molecule has 1 aromatic rings. The molecule has 2 heteroatoms. The highest BCUT2D eigenvalue weighted by molar-refractivity contribution is 5.89. The van der Waals surface area contributed by atoms with Crippen molar-refractivity contribution in [3.63, 3.8) is 0 Å². The molecule has 2 rings (SSSR count). The highest BCUT2D eigenvalue weighted by Gasteiger charge is 2.19. The first-order valence-corrected chi connectivity index (χ1v) is 7.66. The number of allylic oxidation sites excluding steroid dienone is 1. The lowest BCUT2D eigenvalue weighted by atomic mass is 9.84. The number of aliphatic imine (C=N–C) groups is 1. The zero-order valence-corrected chi connectivity index (χ0v) is 12.5. The van der Waals surface area contributed by atoms with Crippen molar-refractivity contribution in [1.29, 1.82) is 0 Å². The lowest BCUT2D eigenvalue weighted by Crippen LogP contribution is -2.17. The van der Waals surface area contributed by atoms with Gasteiger partial charge in [0, 0.05) is 5.71 Å². The second kappa shape index (κ2) is 7.88. The van der Waals surface area contributed by atoms with Crippen LogP contribution in [0.15, 0.2) is 41.9 Å². The van der Waals surface area contributed by atoms with Gasteiger partial charge in [-0.15, -0.1) is 6.58 Å². The monoisotopic (exact) mass is 271 g/mol. The van der Waals surface area contributed by atoms with Gasteiger partial charge < -0.3 is 4.74 Å². The van der Waals surface area contributed by atoms with Gasteiger partial charge in [-0.1, -0.05) is 37.5 Å². The van der Waals surface area contributed by atoms with Crippen molar-refractivity contribution in [1.82, 2.24) is 0 Å². The topological polar surface area (TPSA) is 21.6 Å². The summed E-state index contributed by atoms with van der Waals surface area (Å²) in [4.78, 5) is 4.93. The van der Waals surface area contributed by atoms with Crippen molar-refractivity contribution in [3.05, 3.63) is 36.9 Å². The van der Waals surface area contributed by atoms with Crippen LogP contribution in [0, 0.1) is 5.92 Å². The highest BCUT2D eigenvalue weighted by Crippen LogP contribution is 2.31. The number of methoxy groups -OCH3 is 1. The number of hydrogen-bond donors (Lipinski definition) is 0. The van der Waals surface area contributed by atoms with Crippen molar-refractivity contribution in [3.8, 4) is 5.75 Å². The van der Waals surface area contributed by atoms with Gasteiger partial charge in [0.1, 0.15) is 11.4 Å². The van der Waals surface area contributed by atoms with E-state index in [2.05, 4.69) is 6.58 Å². The van der Waals surface area contributed by atoms with Crippen LogP contribution >= 0.6 is 0 Å². The molecule has 0 amide bonds. The summed E-state index contributed by atoms with van der Waals surface area (Å²) in [6, 6.07) is 8.02. The van der Waals surface area contributed by atoms with E-state index < -0.39 is 0 Å². The Balaban J connectivity index is 2.23. The highest BCUT2D eigenvalue weighted by atomic mass is 16.5. The third kappa shape index (κ3) is 3.96. The number of nitrogens with zero attached hydrogens (tertiary/aromatic N) is 1. The molecule has 0 radical (unpaired) electrons. The lowest BCUT2D eigenvalue weighted by molar-refractivity contribution is 0.415. The van der Waals surface area contributed by atoms with Gasteiger partial charge in [0.05, 0.1) is 7.11 Å². The van der Waals surface area contributed by atoms with Crippen LogP contribution in [0.1, 0.15) is 44.9 Å². The van der Waals surface area contributed by atoms with Crippen LogP contribution in [0.5, 0.6) is 5.75 Å². The van der Waals surface area contributed by atoms with Gasteiger partial charge in [0.15, 0.2) is 0 Å². The molecule has 1 aliphatic carbocycles. The number of hydrogen-bond acceptors (Lipinski definition) is 2. The molecule has 20 heavy (non-hydrogen) atoms. The van der Waals surface area contributed by atoms with Crippen molar-refractivity contribution in [2.45, 2.75) is 44.9 Å². The van der Waals surface area contributed by atoms with E-state index in [0.717, 1.165) is 24.3 Å². The molecule has 0 heterocycles. The first-order chi connectivity index (χ1) is 9.85. The molecule has 0 saturated heterocycles. The third-order valence-corrected chi connectivity index (χ3v) is 4.03. The SMILES string of the molecule is C=CCCC(=Nc1ccccc1OC)C1CCCCC1. The molecule has 0 spiro atoms. The van der Waals surface area contributed by atoms with Crippen LogP contribution in [-0.2, 0) is 0 Å². The van der Waals surface area contributed by atoms with Crippen molar-refractivity contribution in [2.24, 2.45) is 10.9 Å². The van der Waals surface area contributed by atoms with E-state index in [-0.39, 0.29) is 0 Å². The smallest absolute Gasteiger partial charge is 0.144 e. The van der Waals surface area contributed by atoms with E-state index in [0.29, 0.717) is 5.92 Å². The standard InChI is InChI=1S/C18H25NO/c1-3-4-12-16(15-10-6-5-7-11-15)19-17-13-8-9-14-18(17)20-2/h3,8-9,13-15H,1,4-7,10-12H2,2H3. The predicted octanol–water partition coefficient (Wildman–Crippen LogP) is 5.31. The summed E-state index contributed by atoms with van der Waals surface area (Å²) in [5.74, 6) is 1.51. The van der Waals surface area contributed by atoms with Gasteiger partial charge in [-0.25, -0.2) is 0 Å². The molecule has 1 fully saturated rings. The van der Waals surface area contributed by atoms with Gasteiger partial charge in [0.25, 0.3) is 0 Å². The summed E-state index contributed by atoms with van der Waals surface area (Å²) >= 11 is 0. The van der Waals surface area contributed by atoms with Crippen molar-refractivity contribution in [2.75, 3.05) is 7.11 Å².